The largest absolute Gasteiger partial charge is 0.329 e. The van der Waals surface area contributed by atoms with Gasteiger partial charge in [-0.2, -0.15) is 0 Å². The molecular weight excluding hydrogens is 296 g/mol. The lowest BCUT2D eigenvalue weighted by molar-refractivity contribution is -0.135. The maximum Gasteiger partial charge on any atom is 0.329 e. The molecule has 0 aliphatic carbocycles. The highest BCUT2D eigenvalue weighted by atomic mass is 16.2. The molecule has 1 atom stereocenters. The third-order valence-corrected chi connectivity index (χ3v) is 4.85. The van der Waals surface area contributed by atoms with Gasteiger partial charge in [-0.1, -0.05) is 6.07 Å². The van der Waals surface area contributed by atoms with Crippen molar-refractivity contribution in [1.82, 2.24) is 19.8 Å². The summed E-state index contributed by atoms with van der Waals surface area (Å²) in [7, 11) is 1.72. The Kier molecular flexibility index (Phi) is 3.12. The number of imide groups is 1. The summed E-state index contributed by atoms with van der Waals surface area (Å²) < 4.78 is 3.15. The van der Waals surface area contributed by atoms with Gasteiger partial charge in [-0.05, 0) is 36.6 Å². The quantitative estimate of drug-likeness (QED) is 0.724. The van der Waals surface area contributed by atoms with E-state index in [1.165, 1.54) is 5.56 Å². The van der Waals surface area contributed by atoms with Gasteiger partial charge in [-0.15, -0.1) is 0 Å². The first-order valence-electron chi connectivity index (χ1n) is 7.84. The van der Waals surface area contributed by atoms with E-state index in [1.54, 1.807) is 16.2 Å². The molecular formula is C16H18N4O3. The van der Waals surface area contributed by atoms with Crippen molar-refractivity contribution in [3.63, 3.8) is 0 Å². The molecule has 2 N–H and O–H groups in total. The van der Waals surface area contributed by atoms with E-state index in [0.29, 0.717) is 13.0 Å². The number of imidazole rings is 1. The molecule has 2 amide bonds. The number of piperidine rings is 1. The minimum atomic E-state index is -0.627. The summed E-state index contributed by atoms with van der Waals surface area (Å²) in [6.45, 7) is 1.59. The van der Waals surface area contributed by atoms with E-state index < -0.39 is 11.9 Å². The average molecular weight is 314 g/mol. The van der Waals surface area contributed by atoms with Gasteiger partial charge in [0.25, 0.3) is 0 Å². The number of hydrogen-bond donors (Lipinski definition) is 2. The van der Waals surface area contributed by atoms with Crippen LogP contribution >= 0.6 is 0 Å². The Balaban J connectivity index is 1.99. The van der Waals surface area contributed by atoms with E-state index in [9.17, 15) is 14.4 Å². The lowest BCUT2D eigenvalue weighted by atomic mass is 9.98. The molecule has 23 heavy (non-hydrogen) atoms. The number of amides is 2. The average Bonchev–Trinajstić information content (AvgIpc) is 2.80. The first-order chi connectivity index (χ1) is 11.1. The smallest absolute Gasteiger partial charge is 0.312 e. The summed E-state index contributed by atoms with van der Waals surface area (Å²) in [6, 6.07) is 3.38. The number of nitrogens with zero attached hydrogens (tertiary/aromatic N) is 2. The number of carbonyl (C=O) groups excluding carboxylic acids is 2. The van der Waals surface area contributed by atoms with Crippen molar-refractivity contribution in [2.45, 2.75) is 31.8 Å². The Morgan fingerprint density at radius 1 is 1.17 bits per heavy atom. The van der Waals surface area contributed by atoms with Crippen molar-refractivity contribution >= 4 is 22.8 Å². The van der Waals surface area contributed by atoms with Gasteiger partial charge in [-0.25, -0.2) is 4.79 Å². The third-order valence-electron chi connectivity index (χ3n) is 4.85. The van der Waals surface area contributed by atoms with Crippen molar-refractivity contribution in [3.8, 4) is 0 Å². The topological polar surface area (TPSA) is 85.1 Å². The van der Waals surface area contributed by atoms with Crippen LogP contribution in [0.5, 0.6) is 0 Å². The molecule has 2 aliphatic rings. The monoisotopic (exact) mass is 314 g/mol. The van der Waals surface area contributed by atoms with Gasteiger partial charge >= 0.3 is 5.69 Å². The molecule has 7 nitrogen and oxygen atoms in total. The highest BCUT2D eigenvalue weighted by molar-refractivity contribution is 6.00. The van der Waals surface area contributed by atoms with Gasteiger partial charge in [-0.3, -0.25) is 24.0 Å². The minimum Gasteiger partial charge on any atom is -0.312 e. The molecule has 1 aromatic carbocycles. The fourth-order valence-corrected chi connectivity index (χ4v) is 3.65. The summed E-state index contributed by atoms with van der Waals surface area (Å²) >= 11 is 0. The number of hydrogen-bond acceptors (Lipinski definition) is 4. The Morgan fingerprint density at radius 3 is 2.78 bits per heavy atom. The fourth-order valence-electron chi connectivity index (χ4n) is 3.65. The zero-order valence-electron chi connectivity index (χ0n) is 12.9. The molecule has 0 bridgehead atoms. The molecule has 0 saturated carbocycles. The van der Waals surface area contributed by atoms with Gasteiger partial charge in [0.05, 0.1) is 11.0 Å². The van der Waals surface area contributed by atoms with Crippen LogP contribution in [0.1, 0.15) is 30.0 Å². The van der Waals surface area contributed by atoms with Crippen molar-refractivity contribution in [2.24, 2.45) is 7.05 Å². The Morgan fingerprint density at radius 2 is 2.00 bits per heavy atom. The van der Waals surface area contributed by atoms with Crippen molar-refractivity contribution in [1.29, 1.82) is 0 Å². The Hall–Kier alpha value is -2.41. The van der Waals surface area contributed by atoms with E-state index in [1.807, 2.05) is 6.07 Å². The molecule has 2 aliphatic heterocycles. The van der Waals surface area contributed by atoms with Crippen LogP contribution in [0.25, 0.3) is 11.0 Å². The number of aryl methyl sites for hydroxylation is 1. The molecule has 1 aromatic heterocycles. The van der Waals surface area contributed by atoms with Crippen LogP contribution < -0.4 is 16.3 Å². The predicted molar refractivity (Wildman–Crippen MR) is 84.0 cm³/mol. The number of rotatable bonds is 1. The van der Waals surface area contributed by atoms with Crippen molar-refractivity contribution < 1.29 is 9.59 Å². The van der Waals surface area contributed by atoms with Gasteiger partial charge in [0.2, 0.25) is 11.8 Å². The molecule has 2 aromatic rings. The van der Waals surface area contributed by atoms with E-state index in [4.69, 9.17) is 0 Å². The lowest BCUT2D eigenvalue weighted by Crippen LogP contribution is -2.44. The second-order valence-electron chi connectivity index (χ2n) is 6.18. The zero-order valence-corrected chi connectivity index (χ0v) is 12.9. The summed E-state index contributed by atoms with van der Waals surface area (Å²) in [5, 5.41) is 5.68. The van der Waals surface area contributed by atoms with Crippen molar-refractivity contribution in [2.75, 3.05) is 6.54 Å². The predicted octanol–water partition coefficient (Wildman–Crippen LogP) is -0.0366. The second kappa shape index (κ2) is 5.06. The SMILES string of the molecule is Cn1c(=O)n(C2CCC(=O)NC2=O)c2c3c(ccc21)CCNC3. The summed E-state index contributed by atoms with van der Waals surface area (Å²) in [6.07, 6.45) is 1.52. The summed E-state index contributed by atoms with van der Waals surface area (Å²) in [4.78, 5) is 36.4. The molecule has 1 saturated heterocycles. The van der Waals surface area contributed by atoms with Gasteiger partial charge in [0, 0.05) is 20.0 Å². The lowest BCUT2D eigenvalue weighted by Gasteiger charge is -2.24. The van der Waals surface area contributed by atoms with E-state index >= 15 is 0 Å². The summed E-state index contributed by atoms with van der Waals surface area (Å²) in [5.41, 5.74) is 3.71. The number of carbonyl (C=O) groups is 2. The standard InChI is InChI=1S/C16H18N4O3/c1-19-11-3-2-9-6-7-17-8-10(9)14(11)20(16(19)23)12-4-5-13(21)18-15(12)22/h2-3,12,17H,4-8H2,1H3,(H,18,21,22). The van der Waals surface area contributed by atoms with Crippen LogP contribution in [0, 0.1) is 0 Å². The van der Waals surface area contributed by atoms with Crippen LogP contribution in [-0.4, -0.2) is 27.5 Å². The highest BCUT2D eigenvalue weighted by Gasteiger charge is 2.32. The van der Waals surface area contributed by atoms with Crippen LogP contribution in [-0.2, 0) is 29.6 Å². The van der Waals surface area contributed by atoms with E-state index in [-0.39, 0.29) is 18.0 Å². The maximum absolute atomic E-state index is 12.7. The normalized spacial score (nSPS) is 21.3. The zero-order chi connectivity index (χ0) is 16.1. The van der Waals surface area contributed by atoms with Crippen LogP contribution in [0.3, 0.4) is 0 Å². The highest BCUT2D eigenvalue weighted by Crippen LogP contribution is 2.28. The summed E-state index contributed by atoms with van der Waals surface area (Å²) in [5.74, 6) is -0.666. The molecule has 4 rings (SSSR count). The molecule has 120 valence electrons. The van der Waals surface area contributed by atoms with Crippen molar-refractivity contribution in [3.05, 3.63) is 33.7 Å². The molecule has 3 heterocycles. The molecule has 1 fully saturated rings. The maximum atomic E-state index is 12.7. The second-order valence-corrected chi connectivity index (χ2v) is 6.18. The van der Waals surface area contributed by atoms with Gasteiger partial charge in [0.1, 0.15) is 6.04 Å². The molecule has 0 radical (unpaired) electrons. The third kappa shape index (κ3) is 2.03. The number of fused-ring (bicyclic) bond motifs is 3. The van der Waals surface area contributed by atoms with Gasteiger partial charge in [0.15, 0.2) is 0 Å². The Labute approximate surface area is 132 Å². The number of benzene rings is 1. The van der Waals surface area contributed by atoms with Crippen LogP contribution in [0.15, 0.2) is 16.9 Å². The van der Waals surface area contributed by atoms with Gasteiger partial charge < -0.3 is 5.32 Å². The number of aromatic nitrogens is 2. The molecule has 0 spiro atoms. The fraction of sp³-hybridized carbons (Fsp3) is 0.438. The van der Waals surface area contributed by atoms with E-state index in [0.717, 1.165) is 29.6 Å². The minimum absolute atomic E-state index is 0.214. The molecule has 1 unspecified atom stereocenters. The Bertz CT molecular complexity index is 893. The molecule has 7 heteroatoms. The van der Waals surface area contributed by atoms with Crippen LogP contribution in [0.2, 0.25) is 0 Å². The first-order valence-corrected chi connectivity index (χ1v) is 7.84. The van der Waals surface area contributed by atoms with E-state index in [2.05, 4.69) is 16.7 Å². The number of nitrogens with one attached hydrogen (secondary N) is 2. The first kappa shape index (κ1) is 14.2. The van der Waals surface area contributed by atoms with Crippen LogP contribution in [0.4, 0.5) is 0 Å².